The minimum Gasteiger partial charge on any atom is -0.462 e. The highest BCUT2D eigenvalue weighted by atomic mass is 32.1. The fourth-order valence-corrected chi connectivity index (χ4v) is 3.58. The molecule has 0 saturated heterocycles. The molecule has 6 nitrogen and oxygen atoms in total. The average Bonchev–Trinajstić information content (AvgIpc) is 2.96. The Bertz CT molecular complexity index is 1040. The number of aromatic nitrogens is 2. The van der Waals surface area contributed by atoms with Gasteiger partial charge in [0, 0.05) is 0 Å². The highest BCUT2D eigenvalue weighted by Crippen LogP contribution is 2.27. The Morgan fingerprint density at radius 3 is 2.72 bits per heavy atom. The van der Waals surface area contributed by atoms with Crippen LogP contribution in [0.5, 0.6) is 0 Å². The fourth-order valence-electron chi connectivity index (χ4n) is 2.54. The van der Waals surface area contributed by atoms with Gasteiger partial charge in [0.2, 0.25) is 0 Å². The highest BCUT2D eigenvalue weighted by Gasteiger charge is 2.20. The molecule has 3 aromatic rings. The Kier molecular flexibility index (Phi) is 4.63. The van der Waals surface area contributed by atoms with Crippen molar-refractivity contribution in [3.63, 3.8) is 0 Å². The van der Waals surface area contributed by atoms with Crippen LogP contribution in [-0.2, 0) is 11.3 Å². The molecule has 25 heavy (non-hydrogen) atoms. The average molecular weight is 353 g/mol. The molecule has 0 bridgehead atoms. The third-order valence-corrected chi connectivity index (χ3v) is 4.99. The first-order valence-electron chi connectivity index (χ1n) is 7.69. The maximum atomic E-state index is 12.8. The smallest absolute Gasteiger partial charge is 0.348 e. The van der Waals surface area contributed by atoms with Gasteiger partial charge < -0.3 is 4.74 Å². The molecule has 0 unspecified atom stereocenters. The Morgan fingerprint density at radius 2 is 2.08 bits per heavy atom. The van der Waals surface area contributed by atoms with Crippen molar-refractivity contribution in [2.24, 2.45) is 0 Å². The minimum atomic E-state index is -0.430. The number of thiophene rings is 1. The van der Waals surface area contributed by atoms with E-state index in [9.17, 15) is 9.59 Å². The Hall–Kier alpha value is -2.98. The molecule has 7 heteroatoms. The molecule has 3 rings (SSSR count). The molecule has 0 aliphatic heterocycles. The summed E-state index contributed by atoms with van der Waals surface area (Å²) in [5.41, 5.74) is 1.86. The van der Waals surface area contributed by atoms with E-state index in [4.69, 9.17) is 10.00 Å². The summed E-state index contributed by atoms with van der Waals surface area (Å²) in [6.45, 7) is 4.10. The molecular weight excluding hydrogens is 338 g/mol. The maximum absolute atomic E-state index is 12.8. The number of carbonyl (C=O) groups is 1. The van der Waals surface area contributed by atoms with Crippen molar-refractivity contribution >= 4 is 27.5 Å². The first-order valence-corrected chi connectivity index (χ1v) is 8.51. The maximum Gasteiger partial charge on any atom is 0.348 e. The number of rotatable bonds is 4. The van der Waals surface area contributed by atoms with Crippen LogP contribution in [0.1, 0.15) is 33.3 Å². The van der Waals surface area contributed by atoms with Crippen molar-refractivity contribution in [2.75, 3.05) is 6.61 Å². The van der Waals surface area contributed by atoms with Crippen molar-refractivity contribution in [3.05, 3.63) is 62.5 Å². The highest BCUT2D eigenvalue weighted by molar-refractivity contribution is 7.20. The Balaban J connectivity index is 2.01. The lowest BCUT2D eigenvalue weighted by Crippen LogP contribution is -2.21. The van der Waals surface area contributed by atoms with Gasteiger partial charge in [0.15, 0.2) is 0 Å². The standard InChI is InChI=1S/C18H15N3O3S/c1-3-24-18(23)15-11(2)14-16(25-15)20-10-21(17(14)22)9-13-6-4-12(8-19)5-7-13/h4-7,10H,3,9H2,1-2H3. The number of hydrogen-bond acceptors (Lipinski definition) is 6. The summed E-state index contributed by atoms with van der Waals surface area (Å²) in [5, 5.41) is 9.29. The summed E-state index contributed by atoms with van der Waals surface area (Å²) in [5.74, 6) is -0.430. The van der Waals surface area contributed by atoms with Crippen molar-refractivity contribution in [3.8, 4) is 6.07 Å². The van der Waals surface area contributed by atoms with Crippen LogP contribution in [0.15, 0.2) is 35.4 Å². The van der Waals surface area contributed by atoms with Gasteiger partial charge in [0.25, 0.3) is 5.56 Å². The third kappa shape index (κ3) is 3.16. The molecule has 1 aromatic carbocycles. The van der Waals surface area contributed by atoms with Crippen molar-refractivity contribution < 1.29 is 9.53 Å². The predicted octanol–water partition coefficient (Wildman–Crippen LogP) is 2.86. The zero-order valence-electron chi connectivity index (χ0n) is 13.8. The predicted molar refractivity (Wildman–Crippen MR) is 94.8 cm³/mol. The monoisotopic (exact) mass is 353 g/mol. The van der Waals surface area contributed by atoms with Crippen LogP contribution < -0.4 is 5.56 Å². The zero-order chi connectivity index (χ0) is 18.0. The number of esters is 1. The zero-order valence-corrected chi connectivity index (χ0v) is 14.6. The lowest BCUT2D eigenvalue weighted by Gasteiger charge is -2.06. The van der Waals surface area contributed by atoms with E-state index in [1.807, 2.05) is 0 Å². The summed E-state index contributed by atoms with van der Waals surface area (Å²) >= 11 is 1.17. The number of hydrogen-bond donors (Lipinski definition) is 0. The van der Waals surface area contributed by atoms with E-state index in [2.05, 4.69) is 11.1 Å². The van der Waals surface area contributed by atoms with Crippen LogP contribution in [0.3, 0.4) is 0 Å². The lowest BCUT2D eigenvalue weighted by molar-refractivity contribution is 0.0531. The second-order valence-electron chi connectivity index (χ2n) is 5.44. The number of fused-ring (bicyclic) bond motifs is 1. The van der Waals surface area contributed by atoms with E-state index in [1.165, 1.54) is 22.2 Å². The number of nitriles is 1. The van der Waals surface area contributed by atoms with Gasteiger partial charge in [-0.25, -0.2) is 9.78 Å². The number of nitrogens with zero attached hydrogens (tertiary/aromatic N) is 3. The molecule has 0 saturated carbocycles. The van der Waals surface area contributed by atoms with E-state index in [0.29, 0.717) is 32.8 Å². The molecule has 2 heterocycles. The Morgan fingerprint density at radius 1 is 1.36 bits per heavy atom. The van der Waals surface area contributed by atoms with Crippen LogP contribution in [0.25, 0.3) is 10.2 Å². The number of aryl methyl sites for hydroxylation is 1. The number of ether oxygens (including phenoxy) is 1. The fraction of sp³-hybridized carbons (Fsp3) is 0.222. The van der Waals surface area contributed by atoms with Gasteiger partial charge in [-0.3, -0.25) is 9.36 Å². The largest absolute Gasteiger partial charge is 0.462 e. The molecule has 0 radical (unpaired) electrons. The van der Waals surface area contributed by atoms with E-state index < -0.39 is 5.97 Å². The summed E-state index contributed by atoms with van der Waals surface area (Å²) in [6, 6.07) is 9.09. The molecule has 0 atom stereocenters. The van der Waals surface area contributed by atoms with Crippen LogP contribution in [0.4, 0.5) is 0 Å². The molecule has 0 N–H and O–H groups in total. The molecule has 2 aromatic heterocycles. The molecular formula is C18H15N3O3S. The summed E-state index contributed by atoms with van der Waals surface area (Å²) < 4.78 is 6.53. The van der Waals surface area contributed by atoms with Crippen LogP contribution in [0, 0.1) is 18.3 Å². The van der Waals surface area contributed by atoms with E-state index in [1.54, 1.807) is 38.1 Å². The van der Waals surface area contributed by atoms with Crippen LogP contribution in [0.2, 0.25) is 0 Å². The minimum absolute atomic E-state index is 0.196. The summed E-state index contributed by atoms with van der Waals surface area (Å²) in [6.07, 6.45) is 1.48. The first-order chi connectivity index (χ1) is 12.0. The molecule has 0 amide bonds. The van der Waals surface area contributed by atoms with Gasteiger partial charge >= 0.3 is 5.97 Å². The first kappa shape index (κ1) is 16.9. The topological polar surface area (TPSA) is 85.0 Å². The molecule has 0 fully saturated rings. The van der Waals surface area contributed by atoms with Crippen LogP contribution in [-0.4, -0.2) is 22.1 Å². The molecule has 0 aliphatic carbocycles. The quantitative estimate of drug-likeness (QED) is 0.673. The van der Waals surface area contributed by atoms with Crippen molar-refractivity contribution in [1.29, 1.82) is 5.26 Å². The normalized spacial score (nSPS) is 10.6. The molecule has 126 valence electrons. The second-order valence-corrected chi connectivity index (χ2v) is 6.44. The lowest BCUT2D eigenvalue weighted by atomic mass is 10.1. The van der Waals surface area contributed by atoms with Gasteiger partial charge in [-0.05, 0) is 37.1 Å². The van der Waals surface area contributed by atoms with Crippen molar-refractivity contribution in [2.45, 2.75) is 20.4 Å². The second kappa shape index (κ2) is 6.87. The molecule has 0 spiro atoms. The third-order valence-electron chi connectivity index (χ3n) is 3.81. The Labute approximate surface area is 147 Å². The van der Waals surface area contributed by atoms with Crippen LogP contribution >= 0.6 is 11.3 Å². The van der Waals surface area contributed by atoms with Gasteiger partial charge in [-0.15, -0.1) is 11.3 Å². The van der Waals surface area contributed by atoms with Crippen molar-refractivity contribution in [1.82, 2.24) is 9.55 Å². The SMILES string of the molecule is CCOC(=O)c1sc2ncn(Cc3ccc(C#N)cc3)c(=O)c2c1C. The van der Waals surface area contributed by atoms with Gasteiger partial charge in [-0.1, -0.05) is 12.1 Å². The van der Waals surface area contributed by atoms with E-state index in [-0.39, 0.29) is 12.2 Å². The molecule has 0 aliphatic rings. The van der Waals surface area contributed by atoms with E-state index >= 15 is 0 Å². The van der Waals surface area contributed by atoms with E-state index in [0.717, 1.165) is 5.56 Å². The number of carbonyl (C=O) groups excluding carboxylic acids is 1. The summed E-state index contributed by atoms with van der Waals surface area (Å²) in [4.78, 5) is 30.1. The number of benzene rings is 1. The van der Waals surface area contributed by atoms with Gasteiger partial charge in [0.05, 0.1) is 36.5 Å². The van der Waals surface area contributed by atoms with Gasteiger partial charge in [0.1, 0.15) is 9.71 Å². The van der Waals surface area contributed by atoms with Gasteiger partial charge in [-0.2, -0.15) is 5.26 Å². The summed E-state index contributed by atoms with van der Waals surface area (Å²) in [7, 11) is 0.